The van der Waals surface area contributed by atoms with Crippen molar-refractivity contribution in [2.24, 2.45) is 0 Å². The van der Waals surface area contributed by atoms with Crippen molar-refractivity contribution in [3.63, 3.8) is 0 Å². The van der Waals surface area contributed by atoms with Gasteiger partial charge in [-0.15, -0.1) is 0 Å². The van der Waals surface area contributed by atoms with Crippen molar-refractivity contribution in [1.29, 1.82) is 0 Å². The molecule has 0 unspecified atom stereocenters. The summed E-state index contributed by atoms with van der Waals surface area (Å²) in [6.45, 7) is 0. The van der Waals surface area contributed by atoms with Gasteiger partial charge in [-0.2, -0.15) is 13.2 Å². The molecule has 1 aliphatic rings. The smallest absolute Gasteiger partial charge is 0.349 e. The van der Waals surface area contributed by atoms with Gasteiger partial charge < -0.3 is 5.32 Å². The molecular weight excluding hydrogens is 267 g/mol. The number of nitrogens with one attached hydrogen (secondary N) is 1. The molecule has 0 saturated heterocycles. The lowest BCUT2D eigenvalue weighted by atomic mass is 10.1. The van der Waals surface area contributed by atoms with Gasteiger partial charge in [0.2, 0.25) is 0 Å². The lowest BCUT2D eigenvalue weighted by Gasteiger charge is -2.16. The van der Waals surface area contributed by atoms with Gasteiger partial charge in [0.05, 0.1) is 5.56 Å². The third-order valence-electron chi connectivity index (χ3n) is 3.66. The zero-order chi connectivity index (χ0) is 14.6. The van der Waals surface area contributed by atoms with Crippen LogP contribution in [-0.4, -0.2) is 11.9 Å². The Morgan fingerprint density at radius 2 is 1.55 bits per heavy atom. The van der Waals surface area contributed by atoms with E-state index in [0.717, 1.165) is 37.8 Å². The number of hydrogen-bond acceptors (Lipinski definition) is 1. The monoisotopic (exact) mass is 285 g/mol. The van der Waals surface area contributed by atoms with Crippen LogP contribution in [0.2, 0.25) is 0 Å². The van der Waals surface area contributed by atoms with E-state index in [9.17, 15) is 18.0 Å². The number of amides is 1. The van der Waals surface area contributed by atoms with E-state index in [1.165, 1.54) is 25.0 Å². The number of alkyl halides is 3. The van der Waals surface area contributed by atoms with Crippen LogP contribution in [0.4, 0.5) is 13.2 Å². The molecule has 0 heterocycles. The maximum atomic E-state index is 12.4. The molecule has 20 heavy (non-hydrogen) atoms. The fourth-order valence-electron chi connectivity index (χ4n) is 2.50. The number of carbonyl (C=O) groups is 1. The first-order chi connectivity index (χ1) is 9.47. The average Bonchev–Trinajstić information content (AvgIpc) is 2.66. The van der Waals surface area contributed by atoms with E-state index in [2.05, 4.69) is 5.32 Å². The van der Waals surface area contributed by atoms with Crippen molar-refractivity contribution in [2.45, 2.75) is 50.7 Å². The molecule has 0 bridgehead atoms. The molecule has 1 fully saturated rings. The molecule has 0 aliphatic heterocycles. The Hall–Kier alpha value is -1.52. The molecule has 0 atom stereocenters. The summed E-state index contributed by atoms with van der Waals surface area (Å²) in [6.07, 6.45) is 2.10. The number of benzene rings is 1. The molecule has 0 radical (unpaired) electrons. The first kappa shape index (κ1) is 14.9. The Balaban J connectivity index is 1.98. The highest BCUT2D eigenvalue weighted by Crippen LogP contribution is 2.29. The van der Waals surface area contributed by atoms with Crippen LogP contribution in [0, 0.1) is 0 Å². The Morgan fingerprint density at radius 1 is 1.00 bits per heavy atom. The third-order valence-corrected chi connectivity index (χ3v) is 3.66. The van der Waals surface area contributed by atoms with Crippen LogP contribution in [0.5, 0.6) is 0 Å². The summed E-state index contributed by atoms with van der Waals surface area (Å²) < 4.78 is 37.3. The third kappa shape index (κ3) is 3.99. The Bertz CT molecular complexity index is 445. The summed E-state index contributed by atoms with van der Waals surface area (Å²) in [5.74, 6) is -0.286. The second-order valence-corrected chi connectivity index (χ2v) is 5.24. The zero-order valence-electron chi connectivity index (χ0n) is 11.2. The van der Waals surface area contributed by atoms with Crippen molar-refractivity contribution in [2.75, 3.05) is 0 Å². The zero-order valence-corrected chi connectivity index (χ0v) is 11.2. The average molecular weight is 285 g/mol. The van der Waals surface area contributed by atoms with E-state index >= 15 is 0 Å². The van der Waals surface area contributed by atoms with Gasteiger partial charge in [0.15, 0.2) is 0 Å². The van der Waals surface area contributed by atoms with E-state index in [1.807, 2.05) is 0 Å². The van der Waals surface area contributed by atoms with Gasteiger partial charge in [-0.3, -0.25) is 4.79 Å². The Kier molecular flexibility index (Phi) is 4.68. The molecule has 0 aromatic heterocycles. The molecule has 110 valence electrons. The summed E-state index contributed by atoms with van der Waals surface area (Å²) in [5, 5.41) is 2.91. The number of carbonyl (C=O) groups excluding carboxylic acids is 1. The lowest BCUT2D eigenvalue weighted by Crippen LogP contribution is -2.34. The fraction of sp³-hybridized carbons (Fsp3) is 0.533. The standard InChI is InChI=1S/C15H18F3NO/c16-15(17,18)12-9-7-11(8-10-12)14(20)19-13-5-3-1-2-4-6-13/h7-10,13H,1-6H2,(H,19,20). The van der Waals surface area contributed by atoms with E-state index < -0.39 is 11.7 Å². The molecule has 1 N–H and O–H groups in total. The number of hydrogen-bond donors (Lipinski definition) is 1. The van der Waals surface area contributed by atoms with Gasteiger partial charge in [0.25, 0.3) is 5.91 Å². The van der Waals surface area contributed by atoms with Crippen molar-refractivity contribution in [3.8, 4) is 0 Å². The van der Waals surface area contributed by atoms with Crippen LogP contribution < -0.4 is 5.32 Å². The lowest BCUT2D eigenvalue weighted by molar-refractivity contribution is -0.137. The molecule has 5 heteroatoms. The highest BCUT2D eigenvalue weighted by molar-refractivity contribution is 5.94. The topological polar surface area (TPSA) is 29.1 Å². The number of rotatable bonds is 2. The molecule has 1 saturated carbocycles. The predicted molar refractivity (Wildman–Crippen MR) is 70.4 cm³/mol. The van der Waals surface area contributed by atoms with Crippen molar-refractivity contribution >= 4 is 5.91 Å². The fourth-order valence-corrected chi connectivity index (χ4v) is 2.50. The van der Waals surface area contributed by atoms with Crippen LogP contribution >= 0.6 is 0 Å². The van der Waals surface area contributed by atoms with Gasteiger partial charge in [-0.05, 0) is 37.1 Å². The van der Waals surface area contributed by atoms with Crippen LogP contribution in [0.25, 0.3) is 0 Å². The Morgan fingerprint density at radius 3 is 2.05 bits per heavy atom. The highest BCUT2D eigenvalue weighted by Gasteiger charge is 2.30. The number of halogens is 3. The maximum absolute atomic E-state index is 12.4. The van der Waals surface area contributed by atoms with Gasteiger partial charge in [0, 0.05) is 11.6 Å². The van der Waals surface area contributed by atoms with Crippen LogP contribution in [0.3, 0.4) is 0 Å². The molecule has 2 rings (SSSR count). The second kappa shape index (κ2) is 6.29. The van der Waals surface area contributed by atoms with Gasteiger partial charge in [-0.1, -0.05) is 25.7 Å². The first-order valence-corrected chi connectivity index (χ1v) is 6.95. The summed E-state index contributed by atoms with van der Waals surface area (Å²) in [6, 6.07) is 4.50. The first-order valence-electron chi connectivity index (χ1n) is 6.95. The van der Waals surface area contributed by atoms with Gasteiger partial charge in [-0.25, -0.2) is 0 Å². The normalized spacial score (nSPS) is 17.6. The molecule has 0 spiro atoms. The SMILES string of the molecule is O=C(NC1CCCCCC1)c1ccc(C(F)(F)F)cc1. The molecule has 1 aromatic carbocycles. The quantitative estimate of drug-likeness (QED) is 0.812. The summed E-state index contributed by atoms with van der Waals surface area (Å²) in [5.41, 5.74) is -0.453. The van der Waals surface area contributed by atoms with Crippen molar-refractivity contribution in [1.82, 2.24) is 5.32 Å². The van der Waals surface area contributed by atoms with E-state index in [4.69, 9.17) is 0 Å². The van der Waals surface area contributed by atoms with Crippen LogP contribution in [0.1, 0.15) is 54.4 Å². The molecular formula is C15H18F3NO. The minimum absolute atomic E-state index is 0.146. The summed E-state index contributed by atoms with van der Waals surface area (Å²) in [7, 11) is 0. The van der Waals surface area contributed by atoms with E-state index in [-0.39, 0.29) is 17.5 Å². The minimum atomic E-state index is -4.36. The second-order valence-electron chi connectivity index (χ2n) is 5.24. The maximum Gasteiger partial charge on any atom is 0.416 e. The molecule has 1 amide bonds. The summed E-state index contributed by atoms with van der Waals surface area (Å²) in [4.78, 5) is 12.0. The molecule has 1 aromatic rings. The predicted octanol–water partition coefficient (Wildman–Crippen LogP) is 4.16. The Labute approximate surface area is 116 Å². The molecule has 2 nitrogen and oxygen atoms in total. The highest BCUT2D eigenvalue weighted by atomic mass is 19.4. The molecule has 1 aliphatic carbocycles. The van der Waals surface area contributed by atoms with Crippen LogP contribution in [-0.2, 0) is 6.18 Å². The van der Waals surface area contributed by atoms with Crippen LogP contribution in [0.15, 0.2) is 24.3 Å². The van der Waals surface area contributed by atoms with Crippen molar-refractivity contribution < 1.29 is 18.0 Å². The van der Waals surface area contributed by atoms with Crippen molar-refractivity contribution in [3.05, 3.63) is 35.4 Å². The van der Waals surface area contributed by atoms with Gasteiger partial charge in [0.1, 0.15) is 0 Å². The summed E-state index contributed by atoms with van der Waals surface area (Å²) >= 11 is 0. The van der Waals surface area contributed by atoms with E-state index in [1.54, 1.807) is 0 Å². The van der Waals surface area contributed by atoms with Gasteiger partial charge >= 0.3 is 6.18 Å². The van der Waals surface area contributed by atoms with E-state index in [0.29, 0.717) is 0 Å². The largest absolute Gasteiger partial charge is 0.416 e. The minimum Gasteiger partial charge on any atom is -0.349 e.